The molecule has 3 unspecified atom stereocenters. The summed E-state index contributed by atoms with van der Waals surface area (Å²) in [6.45, 7) is 4.39. The van der Waals surface area contributed by atoms with Crippen LogP contribution in [0.4, 0.5) is 0 Å². The van der Waals surface area contributed by atoms with Crippen molar-refractivity contribution >= 4 is 5.78 Å². The van der Waals surface area contributed by atoms with E-state index in [-0.39, 0.29) is 29.0 Å². The highest BCUT2D eigenvalue weighted by Gasteiger charge is 2.61. The van der Waals surface area contributed by atoms with E-state index in [9.17, 15) is 15.0 Å². The normalized spacial score (nSPS) is 54.3. The topological polar surface area (TPSA) is 57.5 Å². The zero-order chi connectivity index (χ0) is 15.7. The Labute approximate surface area is 132 Å². The molecule has 0 aromatic rings. The van der Waals surface area contributed by atoms with E-state index in [1.54, 1.807) is 0 Å². The molecule has 0 amide bonds. The van der Waals surface area contributed by atoms with Crippen LogP contribution in [0.1, 0.15) is 58.8 Å². The number of fused-ring (bicyclic) bond motifs is 5. The molecule has 0 saturated heterocycles. The van der Waals surface area contributed by atoms with E-state index < -0.39 is 0 Å². The molecule has 0 bridgehead atoms. The summed E-state index contributed by atoms with van der Waals surface area (Å²) in [4.78, 5) is 13.1. The van der Waals surface area contributed by atoms with E-state index in [1.165, 1.54) is 5.57 Å². The van der Waals surface area contributed by atoms with Gasteiger partial charge in [-0.15, -0.1) is 0 Å². The Balaban J connectivity index is 1.74. The van der Waals surface area contributed by atoms with Crippen LogP contribution in [0.2, 0.25) is 0 Å². The van der Waals surface area contributed by atoms with Gasteiger partial charge in [0, 0.05) is 17.8 Å². The van der Waals surface area contributed by atoms with Crippen LogP contribution in [0.15, 0.2) is 11.6 Å². The van der Waals surface area contributed by atoms with Crippen molar-refractivity contribution in [1.29, 1.82) is 0 Å². The minimum Gasteiger partial charge on any atom is -0.393 e. The Morgan fingerprint density at radius 2 is 1.95 bits per heavy atom. The van der Waals surface area contributed by atoms with Gasteiger partial charge in [0.25, 0.3) is 0 Å². The summed E-state index contributed by atoms with van der Waals surface area (Å²) < 4.78 is 0. The van der Waals surface area contributed by atoms with E-state index in [0.29, 0.717) is 24.0 Å². The minimum atomic E-state index is -0.311. The second-order valence-corrected chi connectivity index (χ2v) is 8.77. The van der Waals surface area contributed by atoms with E-state index in [4.69, 9.17) is 0 Å². The van der Waals surface area contributed by atoms with Crippen molar-refractivity contribution in [2.45, 2.75) is 71.0 Å². The predicted molar refractivity (Wildman–Crippen MR) is 84.1 cm³/mol. The first-order valence-corrected chi connectivity index (χ1v) is 8.94. The van der Waals surface area contributed by atoms with Gasteiger partial charge in [0.2, 0.25) is 0 Å². The van der Waals surface area contributed by atoms with Crippen molar-refractivity contribution < 1.29 is 15.0 Å². The van der Waals surface area contributed by atoms with Gasteiger partial charge in [0.1, 0.15) is 5.78 Å². The second-order valence-electron chi connectivity index (χ2n) is 8.77. The maximum atomic E-state index is 13.1. The quantitative estimate of drug-likeness (QED) is 0.677. The number of carbonyl (C=O) groups is 1. The highest BCUT2D eigenvalue weighted by atomic mass is 16.3. The van der Waals surface area contributed by atoms with Crippen LogP contribution in [-0.2, 0) is 4.79 Å². The molecule has 3 fully saturated rings. The molecule has 22 heavy (non-hydrogen) atoms. The molecule has 0 heterocycles. The maximum absolute atomic E-state index is 13.1. The molecular formula is C19H28O3. The molecule has 4 aliphatic carbocycles. The average molecular weight is 304 g/mol. The number of Topliss-reactive ketones (excluding diaryl/α,β-unsaturated/α-hetero) is 1. The SMILES string of the molecule is C[C@]12CC[C@H](O)CC1=CCC1C2C(=O)C[C@@]2(C)C1CC[C@@H]2O. The molecule has 3 nitrogen and oxygen atoms in total. The number of carbonyl (C=O) groups excluding carboxylic acids is 1. The lowest BCUT2D eigenvalue weighted by Crippen LogP contribution is -2.55. The molecule has 3 heteroatoms. The Bertz CT molecular complexity index is 539. The van der Waals surface area contributed by atoms with E-state index in [2.05, 4.69) is 19.9 Å². The predicted octanol–water partition coefficient (Wildman–Crippen LogP) is 2.85. The fraction of sp³-hybridized carbons (Fsp3) is 0.842. The third kappa shape index (κ3) is 1.78. The Morgan fingerprint density at radius 1 is 1.18 bits per heavy atom. The first-order chi connectivity index (χ1) is 10.4. The highest BCUT2D eigenvalue weighted by molar-refractivity contribution is 5.85. The summed E-state index contributed by atoms with van der Waals surface area (Å²) in [5, 5.41) is 20.4. The number of hydrogen-bond donors (Lipinski definition) is 2. The van der Waals surface area contributed by atoms with Gasteiger partial charge in [-0.2, -0.15) is 0 Å². The number of hydrogen-bond acceptors (Lipinski definition) is 3. The standard InChI is InChI=1S/C19H28O3/c1-18-8-7-12(20)9-11(18)3-4-13-14-5-6-16(22)19(14,2)10-15(21)17(13)18/h3,12-14,16-17,20,22H,4-10H2,1-2H3/t12-,13?,14?,16-,17?,18-,19-/m0/s1. The molecule has 0 aliphatic heterocycles. The van der Waals surface area contributed by atoms with E-state index in [1.807, 2.05) is 0 Å². The molecule has 4 aliphatic rings. The van der Waals surface area contributed by atoms with E-state index >= 15 is 0 Å². The van der Waals surface area contributed by atoms with Crippen molar-refractivity contribution in [3.05, 3.63) is 11.6 Å². The minimum absolute atomic E-state index is 0.0475. The largest absolute Gasteiger partial charge is 0.393 e. The molecule has 7 atom stereocenters. The highest BCUT2D eigenvalue weighted by Crippen LogP contribution is 2.63. The van der Waals surface area contributed by atoms with Crippen LogP contribution < -0.4 is 0 Å². The molecule has 0 aromatic carbocycles. The molecule has 2 N–H and O–H groups in total. The summed E-state index contributed by atoms with van der Waals surface area (Å²) in [7, 11) is 0. The van der Waals surface area contributed by atoms with Crippen LogP contribution >= 0.6 is 0 Å². The van der Waals surface area contributed by atoms with Gasteiger partial charge in [0.05, 0.1) is 12.2 Å². The van der Waals surface area contributed by atoms with Crippen LogP contribution in [0.5, 0.6) is 0 Å². The van der Waals surface area contributed by atoms with Crippen molar-refractivity contribution in [1.82, 2.24) is 0 Å². The summed E-state index contributed by atoms with van der Waals surface area (Å²) in [6.07, 6.45) is 7.70. The fourth-order valence-electron chi connectivity index (χ4n) is 6.45. The van der Waals surface area contributed by atoms with Gasteiger partial charge in [-0.25, -0.2) is 0 Å². The Hall–Kier alpha value is -0.670. The first-order valence-electron chi connectivity index (χ1n) is 8.94. The molecular weight excluding hydrogens is 276 g/mol. The summed E-state index contributed by atoms with van der Waals surface area (Å²) in [6, 6.07) is 0. The average Bonchev–Trinajstić information content (AvgIpc) is 2.75. The molecule has 4 rings (SSSR count). The van der Waals surface area contributed by atoms with Crippen LogP contribution in [0.3, 0.4) is 0 Å². The van der Waals surface area contributed by atoms with Gasteiger partial charge in [-0.1, -0.05) is 25.5 Å². The lowest BCUT2D eigenvalue weighted by molar-refractivity contribution is -0.147. The van der Waals surface area contributed by atoms with Gasteiger partial charge in [-0.05, 0) is 55.8 Å². The van der Waals surface area contributed by atoms with Crippen molar-refractivity contribution in [2.75, 3.05) is 0 Å². The molecule has 0 radical (unpaired) electrons. The van der Waals surface area contributed by atoms with Crippen LogP contribution in [0.25, 0.3) is 0 Å². The maximum Gasteiger partial charge on any atom is 0.137 e. The Kier molecular flexibility index (Phi) is 3.16. The number of aliphatic hydroxyl groups excluding tert-OH is 2. The van der Waals surface area contributed by atoms with Crippen molar-refractivity contribution in [2.24, 2.45) is 28.6 Å². The first kappa shape index (κ1) is 14.9. The monoisotopic (exact) mass is 304 g/mol. The van der Waals surface area contributed by atoms with Gasteiger partial charge in [0.15, 0.2) is 0 Å². The van der Waals surface area contributed by atoms with Gasteiger partial charge < -0.3 is 10.2 Å². The third-order valence-electron chi connectivity index (χ3n) is 7.72. The summed E-state index contributed by atoms with van der Waals surface area (Å²) >= 11 is 0. The molecule has 3 saturated carbocycles. The summed E-state index contributed by atoms with van der Waals surface area (Å²) in [5.74, 6) is 1.36. The smallest absolute Gasteiger partial charge is 0.137 e. The fourth-order valence-corrected chi connectivity index (χ4v) is 6.45. The van der Waals surface area contributed by atoms with Crippen LogP contribution in [-0.4, -0.2) is 28.2 Å². The molecule has 122 valence electrons. The van der Waals surface area contributed by atoms with Crippen molar-refractivity contribution in [3.8, 4) is 0 Å². The van der Waals surface area contributed by atoms with Crippen molar-refractivity contribution in [3.63, 3.8) is 0 Å². The summed E-state index contributed by atoms with van der Waals surface area (Å²) in [5.41, 5.74) is 1.07. The lowest BCUT2D eigenvalue weighted by atomic mass is 9.47. The molecule has 0 spiro atoms. The number of allylic oxidation sites excluding steroid dienone is 1. The number of ketones is 1. The number of rotatable bonds is 0. The van der Waals surface area contributed by atoms with E-state index in [0.717, 1.165) is 38.5 Å². The zero-order valence-electron chi connectivity index (χ0n) is 13.7. The zero-order valence-corrected chi connectivity index (χ0v) is 13.7. The lowest BCUT2D eigenvalue weighted by Gasteiger charge is -2.56. The Morgan fingerprint density at radius 3 is 2.73 bits per heavy atom. The van der Waals surface area contributed by atoms with Crippen LogP contribution in [0, 0.1) is 28.6 Å². The number of aliphatic hydroxyl groups is 2. The molecule has 0 aromatic heterocycles. The third-order valence-corrected chi connectivity index (χ3v) is 7.72. The van der Waals surface area contributed by atoms with Gasteiger partial charge in [-0.3, -0.25) is 4.79 Å². The van der Waals surface area contributed by atoms with Gasteiger partial charge >= 0.3 is 0 Å². The second kappa shape index (κ2) is 4.67.